The zero-order chi connectivity index (χ0) is 11.6. The van der Waals surface area contributed by atoms with Crippen molar-refractivity contribution in [2.45, 2.75) is 26.7 Å². The molecule has 1 unspecified atom stereocenters. The van der Waals surface area contributed by atoms with Crippen molar-refractivity contribution >= 4 is 0 Å². The highest BCUT2D eigenvalue weighted by Crippen LogP contribution is 2.36. The predicted octanol–water partition coefficient (Wildman–Crippen LogP) is 2.08. The second kappa shape index (κ2) is 4.53. The first-order chi connectivity index (χ1) is 7.02. The van der Waals surface area contributed by atoms with Gasteiger partial charge in [-0.1, -0.05) is 6.92 Å². The van der Waals surface area contributed by atoms with E-state index in [0.29, 0.717) is 12.3 Å². The highest BCUT2D eigenvalue weighted by atomic mass is 16.5. The van der Waals surface area contributed by atoms with Crippen molar-refractivity contribution in [3.8, 4) is 11.5 Å². The quantitative estimate of drug-likeness (QED) is 0.801. The second-order valence-electron chi connectivity index (χ2n) is 3.90. The van der Waals surface area contributed by atoms with Gasteiger partial charge in [0.2, 0.25) is 0 Å². The van der Waals surface area contributed by atoms with Crippen LogP contribution in [0, 0.1) is 13.8 Å². The smallest absolute Gasteiger partial charge is 0.163 e. The van der Waals surface area contributed by atoms with Crippen LogP contribution in [0.15, 0.2) is 6.07 Å². The lowest BCUT2D eigenvalue weighted by molar-refractivity contribution is 0.369. The number of methoxy groups -OCH3 is 1. The fourth-order valence-electron chi connectivity index (χ4n) is 1.80. The molecule has 84 valence electrons. The largest absolute Gasteiger partial charge is 0.504 e. The van der Waals surface area contributed by atoms with E-state index in [1.54, 1.807) is 13.2 Å². The van der Waals surface area contributed by atoms with Crippen LogP contribution in [-0.4, -0.2) is 18.8 Å². The molecule has 0 amide bonds. The fourth-order valence-corrected chi connectivity index (χ4v) is 1.80. The van der Waals surface area contributed by atoms with E-state index in [2.05, 4.69) is 0 Å². The molecule has 1 aromatic rings. The molecular formula is C12H19NO2. The standard InChI is InChI=1S/C12H19NO2/c1-7(6-13)10-5-11(14)12(15-4)9(3)8(10)2/h5,7,14H,6,13H2,1-4H3. The zero-order valence-corrected chi connectivity index (χ0v) is 9.79. The van der Waals surface area contributed by atoms with E-state index in [1.807, 2.05) is 20.8 Å². The maximum Gasteiger partial charge on any atom is 0.163 e. The number of aromatic hydroxyl groups is 1. The van der Waals surface area contributed by atoms with Crippen LogP contribution in [-0.2, 0) is 0 Å². The maximum atomic E-state index is 9.78. The molecule has 3 nitrogen and oxygen atoms in total. The Balaban J connectivity index is 3.33. The molecule has 0 fully saturated rings. The number of ether oxygens (including phenoxy) is 1. The van der Waals surface area contributed by atoms with E-state index in [0.717, 1.165) is 16.7 Å². The Bertz CT molecular complexity index is 361. The molecule has 3 N–H and O–H groups in total. The Labute approximate surface area is 90.9 Å². The molecule has 0 radical (unpaired) electrons. The van der Waals surface area contributed by atoms with Crippen LogP contribution in [0.1, 0.15) is 29.5 Å². The van der Waals surface area contributed by atoms with Crippen LogP contribution in [0.25, 0.3) is 0 Å². The van der Waals surface area contributed by atoms with Crippen molar-refractivity contribution in [1.29, 1.82) is 0 Å². The van der Waals surface area contributed by atoms with Crippen molar-refractivity contribution in [3.05, 3.63) is 22.8 Å². The van der Waals surface area contributed by atoms with E-state index in [4.69, 9.17) is 10.5 Å². The molecule has 0 aliphatic carbocycles. The normalized spacial score (nSPS) is 12.6. The number of benzene rings is 1. The van der Waals surface area contributed by atoms with Crippen molar-refractivity contribution in [2.24, 2.45) is 5.73 Å². The monoisotopic (exact) mass is 209 g/mol. The summed E-state index contributed by atoms with van der Waals surface area (Å²) in [6.45, 7) is 6.60. The Morgan fingerprint density at radius 1 is 1.40 bits per heavy atom. The third-order valence-electron chi connectivity index (χ3n) is 2.95. The van der Waals surface area contributed by atoms with E-state index in [1.165, 1.54) is 0 Å². The summed E-state index contributed by atoms with van der Waals surface area (Å²) in [5, 5.41) is 9.78. The average Bonchev–Trinajstić information content (AvgIpc) is 2.23. The summed E-state index contributed by atoms with van der Waals surface area (Å²) in [4.78, 5) is 0. The number of rotatable bonds is 3. The SMILES string of the molecule is COc1c(O)cc(C(C)CN)c(C)c1C. The molecule has 0 aromatic heterocycles. The van der Waals surface area contributed by atoms with Gasteiger partial charge in [0.25, 0.3) is 0 Å². The molecule has 15 heavy (non-hydrogen) atoms. The third-order valence-corrected chi connectivity index (χ3v) is 2.95. The van der Waals surface area contributed by atoms with Crippen LogP contribution < -0.4 is 10.5 Å². The van der Waals surface area contributed by atoms with E-state index >= 15 is 0 Å². The zero-order valence-electron chi connectivity index (χ0n) is 9.79. The van der Waals surface area contributed by atoms with Gasteiger partial charge in [-0.3, -0.25) is 0 Å². The van der Waals surface area contributed by atoms with Gasteiger partial charge >= 0.3 is 0 Å². The second-order valence-corrected chi connectivity index (χ2v) is 3.90. The number of nitrogens with two attached hydrogens (primary N) is 1. The molecule has 0 spiro atoms. The summed E-state index contributed by atoms with van der Waals surface area (Å²) in [6.07, 6.45) is 0. The lowest BCUT2D eigenvalue weighted by Crippen LogP contribution is -2.11. The van der Waals surface area contributed by atoms with Crippen molar-refractivity contribution in [2.75, 3.05) is 13.7 Å². The Morgan fingerprint density at radius 3 is 2.47 bits per heavy atom. The maximum absolute atomic E-state index is 9.78. The summed E-state index contributed by atoms with van der Waals surface area (Å²) in [5.41, 5.74) is 8.84. The minimum Gasteiger partial charge on any atom is -0.504 e. The number of hydrogen-bond donors (Lipinski definition) is 2. The lowest BCUT2D eigenvalue weighted by atomic mass is 9.92. The van der Waals surface area contributed by atoms with Crippen LogP contribution >= 0.6 is 0 Å². The molecule has 0 saturated carbocycles. The van der Waals surface area contributed by atoms with Gasteiger partial charge in [-0.05, 0) is 49.1 Å². The van der Waals surface area contributed by atoms with Gasteiger partial charge in [-0.25, -0.2) is 0 Å². The summed E-state index contributed by atoms with van der Waals surface area (Å²) >= 11 is 0. The topological polar surface area (TPSA) is 55.5 Å². The Kier molecular flexibility index (Phi) is 3.58. The van der Waals surface area contributed by atoms with E-state index < -0.39 is 0 Å². The summed E-state index contributed by atoms with van der Waals surface area (Å²) in [6, 6.07) is 1.75. The molecule has 1 aromatic carbocycles. The summed E-state index contributed by atoms with van der Waals surface area (Å²) in [5.74, 6) is 0.997. The first kappa shape index (κ1) is 11.9. The Hall–Kier alpha value is -1.22. The van der Waals surface area contributed by atoms with Gasteiger partial charge in [0, 0.05) is 0 Å². The molecule has 1 rings (SSSR count). The summed E-state index contributed by atoms with van der Waals surface area (Å²) in [7, 11) is 1.56. The molecule has 3 heteroatoms. The fraction of sp³-hybridized carbons (Fsp3) is 0.500. The highest BCUT2D eigenvalue weighted by Gasteiger charge is 2.15. The molecule has 0 saturated heterocycles. The predicted molar refractivity (Wildman–Crippen MR) is 61.6 cm³/mol. The Morgan fingerprint density at radius 2 is 2.00 bits per heavy atom. The van der Waals surface area contributed by atoms with Gasteiger partial charge in [0.15, 0.2) is 11.5 Å². The van der Waals surface area contributed by atoms with Gasteiger partial charge < -0.3 is 15.6 Å². The molecular weight excluding hydrogens is 190 g/mol. The molecule has 0 heterocycles. The van der Waals surface area contributed by atoms with Gasteiger partial charge in [-0.2, -0.15) is 0 Å². The van der Waals surface area contributed by atoms with E-state index in [-0.39, 0.29) is 11.7 Å². The minimum absolute atomic E-state index is 0.191. The molecule has 0 aliphatic rings. The van der Waals surface area contributed by atoms with Crippen LogP contribution in [0.3, 0.4) is 0 Å². The minimum atomic E-state index is 0.191. The first-order valence-corrected chi connectivity index (χ1v) is 5.10. The number of hydrogen-bond acceptors (Lipinski definition) is 3. The molecule has 0 aliphatic heterocycles. The number of phenols is 1. The van der Waals surface area contributed by atoms with Crippen LogP contribution in [0.2, 0.25) is 0 Å². The van der Waals surface area contributed by atoms with Gasteiger partial charge in [-0.15, -0.1) is 0 Å². The average molecular weight is 209 g/mol. The van der Waals surface area contributed by atoms with Gasteiger partial charge in [0.05, 0.1) is 7.11 Å². The molecule has 1 atom stereocenters. The van der Waals surface area contributed by atoms with Crippen molar-refractivity contribution < 1.29 is 9.84 Å². The third kappa shape index (κ3) is 2.07. The van der Waals surface area contributed by atoms with E-state index in [9.17, 15) is 5.11 Å². The number of phenolic OH excluding ortho intramolecular Hbond substituents is 1. The molecule has 0 bridgehead atoms. The lowest BCUT2D eigenvalue weighted by Gasteiger charge is -2.18. The summed E-state index contributed by atoms with van der Waals surface area (Å²) < 4.78 is 5.14. The van der Waals surface area contributed by atoms with Gasteiger partial charge in [0.1, 0.15) is 0 Å². The van der Waals surface area contributed by atoms with Crippen LogP contribution in [0.4, 0.5) is 0 Å². The van der Waals surface area contributed by atoms with Crippen LogP contribution in [0.5, 0.6) is 11.5 Å². The van der Waals surface area contributed by atoms with Crippen molar-refractivity contribution in [3.63, 3.8) is 0 Å². The highest BCUT2D eigenvalue weighted by molar-refractivity contribution is 5.53. The van der Waals surface area contributed by atoms with Crippen molar-refractivity contribution in [1.82, 2.24) is 0 Å². The first-order valence-electron chi connectivity index (χ1n) is 5.10.